The number of nitrogens with zero attached hydrogens (tertiary/aromatic N) is 2. The molecule has 0 aromatic heterocycles. The Hall–Kier alpha value is -1.54. The zero-order valence-corrected chi connectivity index (χ0v) is 7.86. The van der Waals surface area contributed by atoms with Crippen LogP contribution in [0.3, 0.4) is 0 Å². The summed E-state index contributed by atoms with van der Waals surface area (Å²) in [5.41, 5.74) is -0.321. The van der Waals surface area contributed by atoms with Crippen molar-refractivity contribution in [2.45, 2.75) is 20.0 Å². The highest BCUT2D eigenvalue weighted by atomic mass is 15.0. The summed E-state index contributed by atoms with van der Waals surface area (Å²) >= 11 is 0. The first-order valence-corrected chi connectivity index (χ1v) is 4.24. The Morgan fingerprint density at radius 1 is 1.31 bits per heavy atom. The lowest BCUT2D eigenvalue weighted by Gasteiger charge is -2.26. The van der Waals surface area contributed by atoms with E-state index in [0.717, 1.165) is 0 Å². The highest BCUT2D eigenvalue weighted by Crippen LogP contribution is 2.38. The Bertz CT molecular complexity index is 313. The standard InChI is InChI=1S/C11H12N2/c1-9-7-5-6-8-11(9,2)10(12-3)13-4/h5-10H,1-2H3. The van der Waals surface area contributed by atoms with E-state index in [1.54, 1.807) is 0 Å². The van der Waals surface area contributed by atoms with E-state index in [2.05, 4.69) is 9.69 Å². The highest BCUT2D eigenvalue weighted by Gasteiger charge is 2.46. The molecule has 2 unspecified atom stereocenters. The second-order valence-electron chi connectivity index (χ2n) is 3.53. The van der Waals surface area contributed by atoms with Crippen LogP contribution >= 0.6 is 0 Å². The van der Waals surface area contributed by atoms with Gasteiger partial charge >= 0.3 is 6.17 Å². The molecule has 0 fully saturated rings. The SMILES string of the molecule is [C-]#[N+]C([N+]#[C-])C1(C)C=CC=CC1C. The summed E-state index contributed by atoms with van der Waals surface area (Å²) < 4.78 is 0. The van der Waals surface area contributed by atoms with E-state index in [1.807, 2.05) is 38.2 Å². The first-order chi connectivity index (χ1) is 6.15. The molecule has 1 aliphatic carbocycles. The van der Waals surface area contributed by atoms with E-state index in [0.29, 0.717) is 0 Å². The second kappa shape index (κ2) is 3.46. The number of allylic oxidation sites excluding steroid dienone is 3. The largest absolute Gasteiger partial charge is 0.483 e. The van der Waals surface area contributed by atoms with E-state index in [-0.39, 0.29) is 11.3 Å². The summed E-state index contributed by atoms with van der Waals surface area (Å²) in [5.74, 6) is 0.255. The quantitative estimate of drug-likeness (QED) is 0.538. The molecule has 0 saturated heterocycles. The molecule has 0 aromatic carbocycles. The van der Waals surface area contributed by atoms with Gasteiger partial charge in [-0.1, -0.05) is 31.2 Å². The van der Waals surface area contributed by atoms with Crippen molar-refractivity contribution in [3.63, 3.8) is 0 Å². The third kappa shape index (κ3) is 1.48. The topological polar surface area (TPSA) is 8.72 Å². The Morgan fingerprint density at radius 2 is 1.92 bits per heavy atom. The molecule has 2 atom stereocenters. The van der Waals surface area contributed by atoms with Crippen LogP contribution in [0.5, 0.6) is 0 Å². The van der Waals surface area contributed by atoms with Crippen molar-refractivity contribution in [3.8, 4) is 0 Å². The minimum Gasteiger partial charge on any atom is -0.232 e. The van der Waals surface area contributed by atoms with Crippen molar-refractivity contribution in [3.05, 3.63) is 47.1 Å². The second-order valence-corrected chi connectivity index (χ2v) is 3.53. The molecule has 13 heavy (non-hydrogen) atoms. The normalized spacial score (nSPS) is 31.3. The van der Waals surface area contributed by atoms with Gasteiger partial charge in [0, 0.05) is 0 Å². The Kier molecular flexibility index (Phi) is 2.54. The van der Waals surface area contributed by atoms with Gasteiger partial charge in [-0.3, -0.25) is 0 Å². The van der Waals surface area contributed by atoms with Crippen molar-refractivity contribution < 1.29 is 0 Å². The molecule has 2 heteroatoms. The maximum atomic E-state index is 6.96. The van der Waals surface area contributed by atoms with Gasteiger partial charge in [0.2, 0.25) is 0 Å². The zero-order valence-electron chi connectivity index (χ0n) is 7.86. The molecule has 1 rings (SSSR count). The molecule has 0 heterocycles. The molecule has 1 aliphatic rings. The average molecular weight is 172 g/mol. The lowest BCUT2D eigenvalue weighted by Crippen LogP contribution is -2.32. The minimum atomic E-state index is -0.594. The molecule has 0 bridgehead atoms. The summed E-state index contributed by atoms with van der Waals surface area (Å²) in [6, 6.07) is 0. The van der Waals surface area contributed by atoms with E-state index in [4.69, 9.17) is 13.1 Å². The molecule has 0 aromatic rings. The van der Waals surface area contributed by atoms with E-state index >= 15 is 0 Å². The van der Waals surface area contributed by atoms with Crippen LogP contribution in [0.15, 0.2) is 24.3 Å². The fourth-order valence-corrected chi connectivity index (χ4v) is 1.48. The third-order valence-corrected chi connectivity index (χ3v) is 2.75. The molecule has 2 nitrogen and oxygen atoms in total. The monoisotopic (exact) mass is 172 g/mol. The summed E-state index contributed by atoms with van der Waals surface area (Å²) in [5, 5.41) is 0. The average Bonchev–Trinajstić information content (AvgIpc) is 2.12. The number of hydrogen-bond donors (Lipinski definition) is 0. The van der Waals surface area contributed by atoms with Crippen LogP contribution in [0, 0.1) is 24.5 Å². The Morgan fingerprint density at radius 3 is 2.38 bits per heavy atom. The number of hydrogen-bond acceptors (Lipinski definition) is 0. The number of rotatable bonds is 1. The van der Waals surface area contributed by atoms with Gasteiger partial charge in [0.15, 0.2) is 0 Å². The van der Waals surface area contributed by atoms with Crippen molar-refractivity contribution in [2.24, 2.45) is 11.3 Å². The Balaban J connectivity index is 3.02. The van der Waals surface area contributed by atoms with E-state index in [9.17, 15) is 0 Å². The summed E-state index contributed by atoms with van der Waals surface area (Å²) in [6.07, 6.45) is 7.31. The van der Waals surface area contributed by atoms with E-state index in [1.165, 1.54) is 0 Å². The molecule has 0 saturated carbocycles. The van der Waals surface area contributed by atoms with Crippen LogP contribution in [-0.2, 0) is 0 Å². The zero-order chi connectivity index (χ0) is 9.90. The van der Waals surface area contributed by atoms with Crippen molar-refractivity contribution in [1.29, 1.82) is 0 Å². The molecular weight excluding hydrogens is 160 g/mol. The van der Waals surface area contributed by atoms with Crippen LogP contribution in [-0.4, -0.2) is 6.17 Å². The summed E-state index contributed by atoms with van der Waals surface area (Å²) in [6.45, 7) is 17.9. The maximum absolute atomic E-state index is 6.96. The minimum absolute atomic E-state index is 0.255. The van der Waals surface area contributed by atoms with Gasteiger partial charge in [-0.2, -0.15) is 0 Å². The molecular formula is C11H12N2. The Labute approximate surface area is 79.2 Å². The van der Waals surface area contributed by atoms with Crippen LogP contribution in [0.4, 0.5) is 0 Å². The van der Waals surface area contributed by atoms with Crippen LogP contribution < -0.4 is 0 Å². The van der Waals surface area contributed by atoms with Gasteiger partial charge in [0.1, 0.15) is 5.41 Å². The summed E-state index contributed by atoms with van der Waals surface area (Å²) in [4.78, 5) is 6.73. The van der Waals surface area contributed by atoms with Crippen LogP contribution in [0.1, 0.15) is 13.8 Å². The summed E-state index contributed by atoms with van der Waals surface area (Å²) in [7, 11) is 0. The predicted molar refractivity (Wildman–Crippen MR) is 52.5 cm³/mol. The highest BCUT2D eigenvalue weighted by molar-refractivity contribution is 5.23. The van der Waals surface area contributed by atoms with Gasteiger partial charge in [-0.25, -0.2) is 22.8 Å². The lowest BCUT2D eigenvalue weighted by molar-refractivity contribution is 0.313. The van der Waals surface area contributed by atoms with Gasteiger partial charge in [0.05, 0.1) is 0 Å². The van der Waals surface area contributed by atoms with Gasteiger partial charge < -0.3 is 0 Å². The van der Waals surface area contributed by atoms with Gasteiger partial charge in [-0.15, -0.1) is 0 Å². The first kappa shape index (κ1) is 9.55. The maximum Gasteiger partial charge on any atom is 0.483 e. The molecule has 66 valence electrons. The van der Waals surface area contributed by atoms with Crippen molar-refractivity contribution >= 4 is 0 Å². The lowest BCUT2D eigenvalue weighted by atomic mass is 9.73. The molecule has 0 amide bonds. The molecule has 0 spiro atoms. The van der Waals surface area contributed by atoms with Gasteiger partial charge in [0.25, 0.3) is 0 Å². The first-order valence-electron chi connectivity index (χ1n) is 4.24. The fourth-order valence-electron chi connectivity index (χ4n) is 1.48. The van der Waals surface area contributed by atoms with Crippen LogP contribution in [0.25, 0.3) is 9.69 Å². The predicted octanol–water partition coefficient (Wildman–Crippen LogP) is 2.92. The van der Waals surface area contributed by atoms with Crippen molar-refractivity contribution in [1.82, 2.24) is 0 Å². The third-order valence-electron chi connectivity index (χ3n) is 2.75. The smallest absolute Gasteiger partial charge is 0.232 e. The van der Waals surface area contributed by atoms with Gasteiger partial charge in [-0.05, 0) is 12.8 Å². The molecule has 0 aliphatic heterocycles. The fraction of sp³-hybridized carbons (Fsp3) is 0.455. The van der Waals surface area contributed by atoms with Crippen LogP contribution in [0.2, 0.25) is 0 Å². The van der Waals surface area contributed by atoms with Crippen molar-refractivity contribution in [2.75, 3.05) is 0 Å². The molecule has 0 N–H and O–H groups in total. The molecule has 0 radical (unpaired) electrons. The van der Waals surface area contributed by atoms with E-state index < -0.39 is 6.17 Å².